The summed E-state index contributed by atoms with van der Waals surface area (Å²) in [6.45, 7) is 14.7. The Kier molecular flexibility index (Phi) is 4.48. The van der Waals surface area contributed by atoms with Crippen LogP contribution in [0.5, 0.6) is 0 Å². The van der Waals surface area contributed by atoms with Gasteiger partial charge in [-0.25, -0.2) is 0 Å². The van der Waals surface area contributed by atoms with Crippen LogP contribution in [0, 0.1) is 0 Å². The molecule has 0 saturated heterocycles. The molecule has 0 aliphatic rings. The molecule has 0 saturated carbocycles. The summed E-state index contributed by atoms with van der Waals surface area (Å²) < 4.78 is 0. The normalized spacial score (nSPS) is 12.9. The molecule has 0 fully saturated rings. The van der Waals surface area contributed by atoms with Gasteiger partial charge in [-0.1, -0.05) is 98.9 Å². The van der Waals surface area contributed by atoms with Crippen LogP contribution in [0.3, 0.4) is 0 Å². The Labute approximate surface area is 148 Å². The van der Waals surface area contributed by atoms with Crippen molar-refractivity contribution in [3.05, 3.63) is 59.7 Å². The smallest absolute Gasteiger partial charge is 0.0487 e. The second-order valence-electron chi connectivity index (χ2n) is 9.65. The number of hydrogen-bond acceptors (Lipinski definition) is 0. The van der Waals surface area contributed by atoms with Crippen molar-refractivity contribution in [1.29, 1.82) is 0 Å². The van der Waals surface area contributed by atoms with Gasteiger partial charge < -0.3 is 0 Å². The van der Waals surface area contributed by atoms with E-state index in [-0.39, 0.29) is 0 Å². The zero-order valence-electron chi connectivity index (χ0n) is 16.0. The first-order valence-electron chi connectivity index (χ1n) is 9.05. The van der Waals surface area contributed by atoms with Crippen molar-refractivity contribution < 1.29 is 0 Å². The van der Waals surface area contributed by atoms with Crippen molar-refractivity contribution in [1.82, 2.24) is 0 Å². The van der Waals surface area contributed by atoms with Gasteiger partial charge in [0, 0.05) is 16.1 Å². The molecular formula is C22H30Si2. The summed E-state index contributed by atoms with van der Waals surface area (Å²) in [5, 5.41) is 5.60. The highest BCUT2D eigenvalue weighted by atomic mass is 28.3. The van der Waals surface area contributed by atoms with Gasteiger partial charge in [-0.05, 0) is 33.6 Å². The quantitative estimate of drug-likeness (QED) is 0.357. The molecule has 0 heterocycles. The maximum absolute atomic E-state index is 2.45. The zero-order chi connectivity index (χ0) is 17.5. The molecule has 0 radical (unpaired) electrons. The first kappa shape index (κ1) is 17.4. The largest absolute Gasteiger partial charge is 0.0693 e. The van der Waals surface area contributed by atoms with Gasteiger partial charge in [0.1, 0.15) is 0 Å². The standard InChI is InChI=1S/C22H30Si2/c1-23(2,3)15-17-7-9-19-11-12-20-10-8-18(16-24(4,5)6)14-22(20)21(19)13-17/h7-14H,15-16H2,1-6H3. The molecule has 24 heavy (non-hydrogen) atoms. The Bertz CT molecular complexity index is 805. The van der Waals surface area contributed by atoms with Gasteiger partial charge in [-0.2, -0.15) is 0 Å². The van der Waals surface area contributed by atoms with Crippen LogP contribution in [0.25, 0.3) is 21.5 Å². The lowest BCUT2D eigenvalue weighted by Gasteiger charge is -2.18. The summed E-state index contributed by atoms with van der Waals surface area (Å²) in [5.74, 6) is 0. The fourth-order valence-corrected chi connectivity index (χ4v) is 6.48. The Balaban J connectivity index is 2.15. The first-order valence-corrected chi connectivity index (χ1v) is 16.5. The summed E-state index contributed by atoms with van der Waals surface area (Å²) in [6, 6.07) is 21.3. The number of benzene rings is 3. The van der Waals surface area contributed by atoms with Crippen molar-refractivity contribution in [2.75, 3.05) is 0 Å². The summed E-state index contributed by atoms with van der Waals surface area (Å²) in [7, 11) is -2.18. The Morgan fingerprint density at radius 1 is 0.542 bits per heavy atom. The van der Waals surface area contributed by atoms with E-state index in [0.29, 0.717) is 0 Å². The first-order chi connectivity index (χ1) is 11.1. The van der Waals surface area contributed by atoms with Crippen LogP contribution in [-0.2, 0) is 12.1 Å². The number of fused-ring (bicyclic) bond motifs is 3. The highest BCUT2D eigenvalue weighted by Crippen LogP contribution is 2.29. The van der Waals surface area contributed by atoms with Gasteiger partial charge in [0.05, 0.1) is 0 Å². The second-order valence-corrected chi connectivity index (χ2v) is 20.6. The van der Waals surface area contributed by atoms with Crippen LogP contribution in [0.2, 0.25) is 39.3 Å². The van der Waals surface area contributed by atoms with Gasteiger partial charge in [0.2, 0.25) is 0 Å². The Morgan fingerprint density at radius 3 is 1.21 bits per heavy atom. The molecular weight excluding hydrogens is 320 g/mol. The minimum absolute atomic E-state index is 1.09. The van der Waals surface area contributed by atoms with Crippen molar-refractivity contribution in [3.8, 4) is 0 Å². The SMILES string of the molecule is C[Si](C)(C)Cc1ccc2ccc3ccc(C[Si](C)(C)C)cc3c2c1. The van der Waals surface area contributed by atoms with E-state index < -0.39 is 16.1 Å². The van der Waals surface area contributed by atoms with Crippen LogP contribution in [0.15, 0.2) is 48.5 Å². The molecule has 0 unspecified atom stereocenters. The molecule has 0 nitrogen and oxygen atoms in total. The highest BCUT2D eigenvalue weighted by molar-refractivity contribution is 6.75. The fraction of sp³-hybridized carbons (Fsp3) is 0.364. The molecule has 126 valence electrons. The van der Waals surface area contributed by atoms with E-state index >= 15 is 0 Å². The maximum atomic E-state index is 2.45. The number of hydrogen-bond donors (Lipinski definition) is 0. The average molecular weight is 351 g/mol. The Morgan fingerprint density at radius 2 is 0.875 bits per heavy atom. The van der Waals surface area contributed by atoms with E-state index in [4.69, 9.17) is 0 Å². The van der Waals surface area contributed by atoms with Gasteiger partial charge in [0.25, 0.3) is 0 Å². The zero-order valence-corrected chi connectivity index (χ0v) is 18.0. The third kappa shape index (κ3) is 4.17. The lowest BCUT2D eigenvalue weighted by atomic mass is 9.99. The summed E-state index contributed by atoms with van der Waals surface area (Å²) in [6.07, 6.45) is 0. The third-order valence-corrected chi connectivity index (χ3v) is 7.37. The fourth-order valence-electron chi connectivity index (χ4n) is 3.59. The minimum atomic E-state index is -1.09. The molecule has 0 aliphatic heterocycles. The summed E-state index contributed by atoms with van der Waals surface area (Å²) in [4.78, 5) is 0. The average Bonchev–Trinajstić information content (AvgIpc) is 2.44. The van der Waals surface area contributed by atoms with E-state index in [2.05, 4.69) is 87.8 Å². The molecule has 2 heteroatoms. The van der Waals surface area contributed by atoms with E-state index in [0.717, 1.165) is 0 Å². The van der Waals surface area contributed by atoms with Crippen molar-refractivity contribution in [3.63, 3.8) is 0 Å². The van der Waals surface area contributed by atoms with Crippen LogP contribution >= 0.6 is 0 Å². The molecule has 0 bridgehead atoms. The molecule has 0 aliphatic carbocycles. The lowest BCUT2D eigenvalue weighted by molar-refractivity contribution is 1.32. The maximum Gasteiger partial charge on any atom is 0.0487 e. The minimum Gasteiger partial charge on any atom is -0.0693 e. The third-order valence-electron chi connectivity index (χ3n) is 4.44. The second kappa shape index (κ2) is 6.16. The van der Waals surface area contributed by atoms with E-state index in [9.17, 15) is 0 Å². The molecule has 3 aromatic carbocycles. The van der Waals surface area contributed by atoms with E-state index in [1.54, 1.807) is 0 Å². The molecule has 3 aromatic rings. The summed E-state index contributed by atoms with van der Waals surface area (Å²) >= 11 is 0. The van der Waals surface area contributed by atoms with Crippen molar-refractivity contribution in [2.45, 2.75) is 51.4 Å². The van der Waals surface area contributed by atoms with E-state index in [1.807, 2.05) is 0 Å². The summed E-state index contributed by atoms with van der Waals surface area (Å²) in [5.41, 5.74) is 3.01. The molecule has 0 spiro atoms. The lowest BCUT2D eigenvalue weighted by Crippen LogP contribution is -2.23. The van der Waals surface area contributed by atoms with Crippen LogP contribution in [0.4, 0.5) is 0 Å². The molecule has 0 aromatic heterocycles. The monoisotopic (exact) mass is 350 g/mol. The molecule has 0 N–H and O–H groups in total. The van der Waals surface area contributed by atoms with Gasteiger partial charge >= 0.3 is 0 Å². The molecule has 0 amide bonds. The predicted molar refractivity (Wildman–Crippen MR) is 116 cm³/mol. The molecule has 3 rings (SSSR count). The van der Waals surface area contributed by atoms with Crippen molar-refractivity contribution >= 4 is 37.7 Å². The van der Waals surface area contributed by atoms with Gasteiger partial charge in [-0.3, -0.25) is 0 Å². The van der Waals surface area contributed by atoms with Crippen LogP contribution in [0.1, 0.15) is 11.1 Å². The van der Waals surface area contributed by atoms with Gasteiger partial charge in [-0.15, -0.1) is 0 Å². The van der Waals surface area contributed by atoms with Crippen LogP contribution in [-0.4, -0.2) is 16.1 Å². The predicted octanol–water partition coefficient (Wildman–Crippen LogP) is 6.83. The Hall–Kier alpha value is -1.39. The van der Waals surface area contributed by atoms with Crippen molar-refractivity contribution in [2.24, 2.45) is 0 Å². The highest BCUT2D eigenvalue weighted by Gasteiger charge is 2.16. The topological polar surface area (TPSA) is 0 Å². The van der Waals surface area contributed by atoms with Crippen LogP contribution < -0.4 is 0 Å². The molecule has 0 atom stereocenters. The number of rotatable bonds is 4. The van der Waals surface area contributed by atoms with E-state index in [1.165, 1.54) is 44.8 Å². The van der Waals surface area contributed by atoms with Gasteiger partial charge in [0.15, 0.2) is 0 Å².